The van der Waals surface area contributed by atoms with Gasteiger partial charge in [-0.3, -0.25) is 0 Å². The molecule has 0 N–H and O–H groups in total. The zero-order valence-electron chi connectivity index (χ0n) is 9.11. The first kappa shape index (κ1) is 15.5. The zero-order chi connectivity index (χ0) is 9.80. The van der Waals surface area contributed by atoms with Gasteiger partial charge in [0.05, 0.1) is 7.11 Å². The largest absolute Gasteiger partial charge is 2.00 e. The van der Waals surface area contributed by atoms with E-state index in [2.05, 4.69) is 18.2 Å². The molecule has 3 heteroatoms. The van der Waals surface area contributed by atoms with E-state index < -0.39 is 0 Å². The average Bonchev–Trinajstić information content (AvgIpc) is 2.30. The van der Waals surface area contributed by atoms with E-state index in [1.807, 2.05) is 36.4 Å². The Bertz CT molecular complexity index is 417. The fourth-order valence-corrected chi connectivity index (χ4v) is 1.38. The first-order valence-electron chi connectivity index (χ1n) is 4.51. The predicted molar refractivity (Wildman–Crippen MR) is 63.0 cm³/mol. The maximum atomic E-state index is 5.17. The Balaban J connectivity index is 0.00000112. The second-order valence-electron chi connectivity index (χ2n) is 3.02. The van der Waals surface area contributed by atoms with Crippen LogP contribution in [0.2, 0.25) is 0 Å². The Morgan fingerprint density at radius 1 is 1.06 bits per heavy atom. The standard InChI is InChI=1S/C13H11O.BrH.Mg/c1-14-13-9-5-8-12(10-13)11-6-3-2-4-7-11;;/h2-3,5-10H,1H3;1H;/q-1;;+2/p-1. The van der Waals surface area contributed by atoms with Crippen molar-refractivity contribution >= 4 is 23.1 Å². The van der Waals surface area contributed by atoms with Gasteiger partial charge in [-0.15, -0.1) is 5.56 Å². The van der Waals surface area contributed by atoms with Gasteiger partial charge in [0.25, 0.3) is 0 Å². The second-order valence-corrected chi connectivity index (χ2v) is 3.02. The Kier molecular flexibility index (Phi) is 7.46. The van der Waals surface area contributed by atoms with Gasteiger partial charge in [0.15, 0.2) is 0 Å². The molecule has 0 aliphatic heterocycles. The van der Waals surface area contributed by atoms with E-state index in [4.69, 9.17) is 4.74 Å². The molecule has 78 valence electrons. The molecule has 0 saturated carbocycles. The van der Waals surface area contributed by atoms with Crippen LogP contribution in [0.1, 0.15) is 0 Å². The third kappa shape index (κ3) is 3.81. The Morgan fingerprint density at radius 3 is 2.44 bits per heavy atom. The molecule has 0 amide bonds. The molecule has 0 aliphatic carbocycles. The smallest absolute Gasteiger partial charge is 1.00 e. The quantitative estimate of drug-likeness (QED) is 0.548. The summed E-state index contributed by atoms with van der Waals surface area (Å²) < 4.78 is 5.17. The molecular formula is C13H11BrMgO. The van der Waals surface area contributed by atoms with Crippen molar-refractivity contribution in [2.75, 3.05) is 7.11 Å². The van der Waals surface area contributed by atoms with Crippen LogP contribution in [0.5, 0.6) is 5.75 Å². The summed E-state index contributed by atoms with van der Waals surface area (Å²) in [5, 5.41) is 0. The molecule has 0 fully saturated rings. The Hall–Kier alpha value is -0.514. The third-order valence-corrected chi connectivity index (χ3v) is 2.11. The van der Waals surface area contributed by atoms with E-state index in [1.54, 1.807) is 7.11 Å². The van der Waals surface area contributed by atoms with Crippen molar-refractivity contribution in [1.29, 1.82) is 0 Å². The van der Waals surface area contributed by atoms with Crippen LogP contribution in [-0.4, -0.2) is 30.2 Å². The van der Waals surface area contributed by atoms with Crippen LogP contribution in [0.4, 0.5) is 0 Å². The fraction of sp³-hybridized carbons (Fsp3) is 0.0769. The number of rotatable bonds is 2. The number of hydrogen-bond acceptors (Lipinski definition) is 1. The van der Waals surface area contributed by atoms with E-state index in [1.165, 1.54) is 0 Å². The van der Waals surface area contributed by atoms with Crippen LogP contribution >= 0.6 is 0 Å². The summed E-state index contributed by atoms with van der Waals surface area (Å²) in [7, 11) is 1.68. The molecule has 2 aromatic carbocycles. The summed E-state index contributed by atoms with van der Waals surface area (Å²) in [5.41, 5.74) is 2.31. The number of hydrogen-bond donors (Lipinski definition) is 0. The van der Waals surface area contributed by atoms with Gasteiger partial charge in [-0.25, -0.2) is 0 Å². The molecule has 2 aromatic rings. The summed E-state index contributed by atoms with van der Waals surface area (Å²) in [4.78, 5) is 0. The van der Waals surface area contributed by atoms with Gasteiger partial charge in [0.2, 0.25) is 0 Å². The summed E-state index contributed by atoms with van der Waals surface area (Å²) in [6, 6.07) is 19.0. The summed E-state index contributed by atoms with van der Waals surface area (Å²) in [6.45, 7) is 0. The second kappa shape index (κ2) is 7.71. The number of ether oxygens (including phenoxy) is 1. The van der Waals surface area contributed by atoms with Crippen molar-refractivity contribution in [2.45, 2.75) is 0 Å². The SMILES string of the molecule is COc1cccc(-c2c[c-]ccc2)c1.[Br-].[Mg+2]. The molecule has 0 spiro atoms. The average molecular weight is 287 g/mol. The Morgan fingerprint density at radius 2 is 1.81 bits per heavy atom. The molecule has 0 saturated heterocycles. The van der Waals surface area contributed by atoms with Crippen molar-refractivity contribution in [3.63, 3.8) is 0 Å². The molecule has 16 heavy (non-hydrogen) atoms. The number of methoxy groups -OCH3 is 1. The Labute approximate surface area is 123 Å². The van der Waals surface area contributed by atoms with Crippen LogP contribution in [0.3, 0.4) is 0 Å². The molecule has 2 rings (SSSR count). The maximum absolute atomic E-state index is 5.17. The predicted octanol–water partition coefficient (Wildman–Crippen LogP) is -0.214. The van der Waals surface area contributed by atoms with Crippen molar-refractivity contribution in [3.8, 4) is 16.9 Å². The van der Waals surface area contributed by atoms with Crippen molar-refractivity contribution in [1.82, 2.24) is 0 Å². The fourth-order valence-electron chi connectivity index (χ4n) is 1.38. The molecule has 0 radical (unpaired) electrons. The minimum atomic E-state index is 0. The van der Waals surface area contributed by atoms with Crippen LogP contribution in [-0.2, 0) is 0 Å². The minimum absolute atomic E-state index is 0. The van der Waals surface area contributed by atoms with E-state index in [9.17, 15) is 0 Å². The van der Waals surface area contributed by atoms with Crippen LogP contribution in [0, 0.1) is 6.07 Å². The van der Waals surface area contributed by atoms with Crippen LogP contribution in [0.25, 0.3) is 11.1 Å². The van der Waals surface area contributed by atoms with Gasteiger partial charge in [-0.1, -0.05) is 17.7 Å². The van der Waals surface area contributed by atoms with Gasteiger partial charge in [-0.05, 0) is 12.1 Å². The van der Waals surface area contributed by atoms with E-state index in [0.717, 1.165) is 16.9 Å². The summed E-state index contributed by atoms with van der Waals surface area (Å²) in [5.74, 6) is 0.881. The van der Waals surface area contributed by atoms with Crippen LogP contribution in [0.15, 0.2) is 48.5 Å². The van der Waals surface area contributed by atoms with Gasteiger partial charge >= 0.3 is 23.1 Å². The van der Waals surface area contributed by atoms with Gasteiger partial charge in [0, 0.05) is 0 Å². The summed E-state index contributed by atoms with van der Waals surface area (Å²) in [6.07, 6.45) is 0. The van der Waals surface area contributed by atoms with Crippen molar-refractivity contribution in [2.24, 2.45) is 0 Å². The van der Waals surface area contributed by atoms with Crippen LogP contribution < -0.4 is 21.7 Å². The number of halogens is 1. The zero-order valence-corrected chi connectivity index (χ0v) is 12.1. The molecule has 0 bridgehead atoms. The number of benzene rings is 2. The van der Waals surface area contributed by atoms with E-state index >= 15 is 0 Å². The molecule has 0 atom stereocenters. The molecule has 1 nitrogen and oxygen atoms in total. The summed E-state index contributed by atoms with van der Waals surface area (Å²) >= 11 is 0. The molecule has 0 aromatic heterocycles. The topological polar surface area (TPSA) is 9.23 Å². The maximum Gasteiger partial charge on any atom is 2.00 e. The first-order chi connectivity index (χ1) is 6.90. The molecule has 0 heterocycles. The van der Waals surface area contributed by atoms with Crippen molar-refractivity contribution in [3.05, 3.63) is 54.6 Å². The molecule has 0 unspecified atom stereocenters. The van der Waals surface area contributed by atoms with E-state index in [0.29, 0.717) is 0 Å². The van der Waals surface area contributed by atoms with E-state index in [-0.39, 0.29) is 40.0 Å². The van der Waals surface area contributed by atoms with Gasteiger partial charge < -0.3 is 21.7 Å². The van der Waals surface area contributed by atoms with Crippen molar-refractivity contribution < 1.29 is 21.7 Å². The van der Waals surface area contributed by atoms with Gasteiger partial charge in [0.1, 0.15) is 5.75 Å². The normalized spacial score (nSPS) is 8.56. The minimum Gasteiger partial charge on any atom is -1.00 e. The molecule has 0 aliphatic rings. The first-order valence-corrected chi connectivity index (χ1v) is 4.51. The van der Waals surface area contributed by atoms with Gasteiger partial charge in [-0.2, -0.15) is 30.3 Å². The monoisotopic (exact) mass is 286 g/mol. The third-order valence-electron chi connectivity index (χ3n) is 2.11. The molecular weight excluding hydrogens is 276 g/mol.